The lowest BCUT2D eigenvalue weighted by molar-refractivity contribution is 0.0943. The first-order valence-corrected chi connectivity index (χ1v) is 7.18. The fourth-order valence-corrected chi connectivity index (χ4v) is 3.14. The van der Waals surface area contributed by atoms with Gasteiger partial charge in [0.15, 0.2) is 0 Å². The topological polar surface area (TPSA) is 29.1 Å². The number of hydrogen-bond acceptors (Lipinski definition) is 1. The van der Waals surface area contributed by atoms with Crippen LogP contribution in [0, 0.1) is 18.7 Å². The minimum atomic E-state index is -0.420. The Morgan fingerprint density at radius 2 is 2.28 bits per heavy atom. The van der Waals surface area contributed by atoms with Gasteiger partial charge in [0, 0.05) is 11.4 Å². The van der Waals surface area contributed by atoms with Crippen LogP contribution in [0.1, 0.15) is 35.2 Å². The Hall–Kier alpha value is -0.900. The number of aryl methyl sites for hydroxylation is 1. The van der Waals surface area contributed by atoms with E-state index < -0.39 is 5.82 Å². The third-order valence-electron chi connectivity index (χ3n) is 3.53. The molecular weight excluding hydrogens is 297 g/mol. The summed E-state index contributed by atoms with van der Waals surface area (Å²) in [6.07, 6.45) is 3.46. The number of carbonyl (C=O) groups is 1. The van der Waals surface area contributed by atoms with Crippen LogP contribution in [-0.2, 0) is 0 Å². The van der Waals surface area contributed by atoms with Crippen LogP contribution >= 0.6 is 15.9 Å². The number of rotatable bonds is 3. The molecule has 2 nitrogen and oxygen atoms in total. The van der Waals surface area contributed by atoms with Crippen LogP contribution in [0.25, 0.3) is 0 Å². The summed E-state index contributed by atoms with van der Waals surface area (Å²) in [6, 6.07) is 4.89. The lowest BCUT2D eigenvalue weighted by Crippen LogP contribution is -2.31. The molecule has 1 aliphatic carbocycles. The maximum Gasteiger partial charge on any atom is 0.254 e. The van der Waals surface area contributed by atoms with E-state index in [1.807, 2.05) is 0 Å². The number of carbonyl (C=O) groups excluding carboxylic acids is 1. The molecule has 1 aliphatic rings. The summed E-state index contributed by atoms with van der Waals surface area (Å²) in [6.45, 7) is 2.28. The number of alkyl halides is 1. The second kappa shape index (κ2) is 5.83. The number of halogens is 2. The number of benzene rings is 1. The summed E-state index contributed by atoms with van der Waals surface area (Å²) in [5.41, 5.74) is 0.640. The highest BCUT2D eigenvalue weighted by Crippen LogP contribution is 2.30. The molecule has 1 fully saturated rings. The quantitative estimate of drug-likeness (QED) is 0.851. The van der Waals surface area contributed by atoms with Gasteiger partial charge in [0.25, 0.3) is 5.91 Å². The molecule has 2 rings (SSSR count). The average Bonchev–Trinajstić information content (AvgIpc) is 2.75. The van der Waals surface area contributed by atoms with Crippen LogP contribution in [0.5, 0.6) is 0 Å². The van der Waals surface area contributed by atoms with Crippen molar-refractivity contribution in [1.29, 1.82) is 0 Å². The Labute approximate surface area is 115 Å². The molecule has 1 amide bonds. The molecular formula is C14H17BrFNO. The van der Waals surface area contributed by atoms with E-state index in [9.17, 15) is 9.18 Å². The Balaban J connectivity index is 1.97. The molecule has 98 valence electrons. The van der Waals surface area contributed by atoms with Gasteiger partial charge in [0.2, 0.25) is 0 Å². The Bertz CT molecular complexity index is 449. The van der Waals surface area contributed by atoms with Crippen molar-refractivity contribution in [3.63, 3.8) is 0 Å². The third kappa shape index (κ3) is 2.91. The van der Waals surface area contributed by atoms with Gasteiger partial charge in [-0.3, -0.25) is 4.79 Å². The molecule has 0 heterocycles. The van der Waals surface area contributed by atoms with Crippen LogP contribution in [0.4, 0.5) is 4.39 Å². The smallest absolute Gasteiger partial charge is 0.254 e. The SMILES string of the molecule is Cc1cccc(C(=O)NCC2CCCC2Br)c1F. The largest absolute Gasteiger partial charge is 0.352 e. The molecule has 0 saturated heterocycles. The third-order valence-corrected chi connectivity index (χ3v) is 4.73. The second-order valence-electron chi connectivity index (χ2n) is 4.85. The van der Waals surface area contributed by atoms with Gasteiger partial charge in [0.05, 0.1) is 5.56 Å². The normalized spacial score (nSPS) is 23.1. The molecule has 0 radical (unpaired) electrons. The summed E-state index contributed by atoms with van der Waals surface area (Å²) in [7, 11) is 0. The zero-order valence-electron chi connectivity index (χ0n) is 10.4. The highest BCUT2D eigenvalue weighted by atomic mass is 79.9. The zero-order valence-corrected chi connectivity index (χ0v) is 12.0. The van der Waals surface area contributed by atoms with E-state index in [2.05, 4.69) is 21.2 Å². The first-order valence-electron chi connectivity index (χ1n) is 6.27. The summed E-state index contributed by atoms with van der Waals surface area (Å²) >= 11 is 3.61. The van der Waals surface area contributed by atoms with Gasteiger partial charge in [-0.2, -0.15) is 0 Å². The van der Waals surface area contributed by atoms with Gasteiger partial charge in [0.1, 0.15) is 5.82 Å². The van der Waals surface area contributed by atoms with Crippen molar-refractivity contribution >= 4 is 21.8 Å². The van der Waals surface area contributed by atoms with Crippen LogP contribution in [0.3, 0.4) is 0 Å². The minimum absolute atomic E-state index is 0.138. The van der Waals surface area contributed by atoms with Gasteiger partial charge in [-0.15, -0.1) is 0 Å². The predicted octanol–water partition coefficient (Wildman–Crippen LogP) is 3.43. The van der Waals surface area contributed by atoms with Crippen LogP contribution in [-0.4, -0.2) is 17.3 Å². The standard InChI is InChI=1S/C14H17BrFNO/c1-9-4-2-6-11(13(9)16)14(18)17-8-10-5-3-7-12(10)15/h2,4,6,10,12H,3,5,7-8H2,1H3,(H,17,18). The van der Waals surface area contributed by atoms with E-state index in [-0.39, 0.29) is 11.5 Å². The van der Waals surface area contributed by atoms with E-state index in [1.54, 1.807) is 19.1 Å². The van der Waals surface area contributed by atoms with Crippen molar-refractivity contribution in [3.8, 4) is 0 Å². The number of amides is 1. The highest BCUT2D eigenvalue weighted by Gasteiger charge is 2.25. The molecule has 1 N–H and O–H groups in total. The minimum Gasteiger partial charge on any atom is -0.352 e. The van der Waals surface area contributed by atoms with Gasteiger partial charge in [-0.1, -0.05) is 34.5 Å². The molecule has 1 aromatic carbocycles. The second-order valence-corrected chi connectivity index (χ2v) is 6.03. The van der Waals surface area contributed by atoms with Gasteiger partial charge < -0.3 is 5.32 Å². The first-order chi connectivity index (χ1) is 8.59. The Kier molecular flexibility index (Phi) is 4.38. The van der Waals surface area contributed by atoms with Crippen molar-refractivity contribution < 1.29 is 9.18 Å². The summed E-state index contributed by atoms with van der Waals surface area (Å²) in [5.74, 6) is -0.276. The molecule has 0 aliphatic heterocycles. The van der Waals surface area contributed by atoms with Crippen LogP contribution in [0.2, 0.25) is 0 Å². The maximum absolute atomic E-state index is 13.8. The van der Waals surface area contributed by atoms with E-state index in [4.69, 9.17) is 0 Å². The van der Waals surface area contributed by atoms with Gasteiger partial charge in [-0.25, -0.2) is 4.39 Å². The fourth-order valence-electron chi connectivity index (χ4n) is 2.36. The molecule has 4 heteroatoms. The van der Waals surface area contributed by atoms with Gasteiger partial charge in [-0.05, 0) is 37.3 Å². The molecule has 0 spiro atoms. The molecule has 18 heavy (non-hydrogen) atoms. The fraction of sp³-hybridized carbons (Fsp3) is 0.500. The summed E-state index contributed by atoms with van der Waals surface area (Å²) in [5, 5.41) is 2.83. The Morgan fingerprint density at radius 1 is 1.50 bits per heavy atom. The van der Waals surface area contributed by atoms with E-state index in [1.165, 1.54) is 12.5 Å². The van der Waals surface area contributed by atoms with E-state index in [0.29, 0.717) is 22.9 Å². The zero-order chi connectivity index (χ0) is 13.1. The monoisotopic (exact) mass is 313 g/mol. The number of nitrogens with one attached hydrogen (secondary N) is 1. The molecule has 1 saturated carbocycles. The van der Waals surface area contributed by atoms with Crippen LogP contribution < -0.4 is 5.32 Å². The van der Waals surface area contributed by atoms with Crippen molar-refractivity contribution in [2.45, 2.75) is 31.0 Å². The first kappa shape index (κ1) is 13.5. The van der Waals surface area contributed by atoms with Crippen LogP contribution in [0.15, 0.2) is 18.2 Å². The lowest BCUT2D eigenvalue weighted by atomic mass is 10.1. The summed E-state index contributed by atoms with van der Waals surface area (Å²) in [4.78, 5) is 12.4. The van der Waals surface area contributed by atoms with E-state index in [0.717, 1.165) is 12.8 Å². The molecule has 2 unspecified atom stereocenters. The number of hydrogen-bond donors (Lipinski definition) is 1. The maximum atomic E-state index is 13.8. The van der Waals surface area contributed by atoms with Crippen molar-refractivity contribution in [3.05, 3.63) is 35.1 Å². The lowest BCUT2D eigenvalue weighted by Gasteiger charge is -2.15. The molecule has 0 bridgehead atoms. The predicted molar refractivity (Wildman–Crippen MR) is 73.5 cm³/mol. The van der Waals surface area contributed by atoms with Gasteiger partial charge >= 0.3 is 0 Å². The molecule has 1 aromatic rings. The van der Waals surface area contributed by atoms with Crippen molar-refractivity contribution in [1.82, 2.24) is 5.32 Å². The van der Waals surface area contributed by atoms with Crippen molar-refractivity contribution in [2.24, 2.45) is 5.92 Å². The average molecular weight is 314 g/mol. The van der Waals surface area contributed by atoms with E-state index >= 15 is 0 Å². The van der Waals surface area contributed by atoms with Crippen molar-refractivity contribution in [2.75, 3.05) is 6.54 Å². The molecule has 2 atom stereocenters. The highest BCUT2D eigenvalue weighted by molar-refractivity contribution is 9.09. The Morgan fingerprint density at radius 3 is 2.94 bits per heavy atom. The summed E-state index contributed by atoms with van der Waals surface area (Å²) < 4.78 is 13.8. The molecule has 0 aromatic heterocycles.